The molecule has 6 heteroatoms. The fourth-order valence-electron chi connectivity index (χ4n) is 2.73. The minimum atomic E-state index is -0.492. The highest BCUT2D eigenvalue weighted by molar-refractivity contribution is 5.99. The first-order chi connectivity index (χ1) is 11.8. The lowest BCUT2D eigenvalue weighted by atomic mass is 9.95. The van der Waals surface area contributed by atoms with E-state index in [1.54, 1.807) is 19.2 Å². The molecule has 1 heterocycles. The molecule has 0 radical (unpaired) electrons. The van der Waals surface area contributed by atoms with Crippen LogP contribution in [-0.2, 0) is 4.79 Å². The normalized spacial score (nSPS) is 15.0. The minimum absolute atomic E-state index is 0.0823. The summed E-state index contributed by atoms with van der Waals surface area (Å²) in [4.78, 5) is 27.0. The molecular weight excluding hydrogens is 316 g/mol. The van der Waals surface area contributed by atoms with E-state index in [1.807, 2.05) is 26.8 Å². The number of carbonyl (C=O) groups excluding carboxylic acids is 2. The van der Waals surface area contributed by atoms with Crippen LogP contribution in [0.5, 0.6) is 0 Å². The zero-order valence-corrected chi connectivity index (χ0v) is 15.7. The molecule has 1 aromatic rings. The second-order valence-electron chi connectivity index (χ2n) is 7.56. The highest BCUT2D eigenvalue weighted by Crippen LogP contribution is 2.22. The first kappa shape index (κ1) is 19.2. The van der Waals surface area contributed by atoms with Crippen molar-refractivity contribution < 1.29 is 9.59 Å². The number of hydrogen-bond acceptors (Lipinski definition) is 4. The zero-order chi connectivity index (χ0) is 18.4. The lowest BCUT2D eigenvalue weighted by Gasteiger charge is -2.19. The molecule has 3 N–H and O–H groups in total. The van der Waals surface area contributed by atoms with E-state index < -0.39 is 5.41 Å². The number of rotatable bonds is 6. The average Bonchev–Trinajstić information content (AvgIpc) is 3.06. The van der Waals surface area contributed by atoms with Crippen LogP contribution in [0, 0.1) is 5.41 Å². The number of hydrogen-bond donors (Lipinski definition) is 3. The summed E-state index contributed by atoms with van der Waals surface area (Å²) in [5.41, 5.74) is 1.46. The van der Waals surface area contributed by atoms with Crippen LogP contribution in [0.2, 0.25) is 0 Å². The summed E-state index contributed by atoms with van der Waals surface area (Å²) in [6, 6.07) is 5.33. The predicted octanol–water partition coefficient (Wildman–Crippen LogP) is 2.54. The van der Waals surface area contributed by atoms with Gasteiger partial charge in [-0.05, 0) is 44.1 Å². The fraction of sp³-hybridized carbons (Fsp3) is 0.579. The number of likely N-dealkylation sites (tertiary alicyclic amines) is 1. The third kappa shape index (κ3) is 5.74. The van der Waals surface area contributed by atoms with Gasteiger partial charge < -0.3 is 20.9 Å². The van der Waals surface area contributed by atoms with Crippen molar-refractivity contribution in [3.8, 4) is 0 Å². The van der Waals surface area contributed by atoms with Gasteiger partial charge in [0.2, 0.25) is 5.91 Å². The number of benzene rings is 1. The Morgan fingerprint density at radius 3 is 2.32 bits per heavy atom. The van der Waals surface area contributed by atoms with Crippen LogP contribution >= 0.6 is 0 Å². The lowest BCUT2D eigenvalue weighted by molar-refractivity contribution is -0.123. The van der Waals surface area contributed by atoms with E-state index in [9.17, 15) is 9.59 Å². The second kappa shape index (κ2) is 8.34. The summed E-state index contributed by atoms with van der Waals surface area (Å²) in [6.45, 7) is 9.32. The van der Waals surface area contributed by atoms with E-state index in [4.69, 9.17) is 0 Å². The van der Waals surface area contributed by atoms with Crippen LogP contribution in [0.25, 0.3) is 0 Å². The summed E-state index contributed by atoms with van der Waals surface area (Å²) < 4.78 is 0. The summed E-state index contributed by atoms with van der Waals surface area (Å²) in [6.07, 6.45) is 2.49. The standard InChI is InChI=1S/C19H30N4O2/c1-19(2,3)18(25)22-16-12-14(11-15(13-16)20-4)17(24)21-7-10-23-8-5-6-9-23/h11-13,20H,5-10H2,1-4H3,(H,21,24)(H,22,25). The smallest absolute Gasteiger partial charge is 0.251 e. The predicted molar refractivity (Wildman–Crippen MR) is 102 cm³/mol. The first-order valence-electron chi connectivity index (χ1n) is 8.94. The van der Waals surface area contributed by atoms with E-state index in [1.165, 1.54) is 12.8 Å². The van der Waals surface area contributed by atoms with Crippen LogP contribution in [-0.4, -0.2) is 49.9 Å². The molecule has 1 aliphatic rings. The quantitative estimate of drug-likeness (QED) is 0.740. The van der Waals surface area contributed by atoms with E-state index in [0.717, 1.165) is 25.3 Å². The third-order valence-electron chi connectivity index (χ3n) is 4.34. The van der Waals surface area contributed by atoms with Crippen LogP contribution in [0.3, 0.4) is 0 Å². The van der Waals surface area contributed by atoms with E-state index >= 15 is 0 Å². The molecule has 1 fully saturated rings. The van der Waals surface area contributed by atoms with Gasteiger partial charge in [-0.1, -0.05) is 20.8 Å². The number of nitrogens with one attached hydrogen (secondary N) is 3. The van der Waals surface area contributed by atoms with Crippen molar-refractivity contribution in [3.63, 3.8) is 0 Å². The van der Waals surface area contributed by atoms with Gasteiger partial charge in [-0.2, -0.15) is 0 Å². The van der Waals surface area contributed by atoms with E-state index in [0.29, 0.717) is 17.8 Å². The first-order valence-corrected chi connectivity index (χ1v) is 8.94. The molecule has 0 bridgehead atoms. The van der Waals surface area contributed by atoms with Crippen molar-refractivity contribution in [2.24, 2.45) is 5.41 Å². The molecule has 0 atom stereocenters. The number of anilines is 2. The fourth-order valence-corrected chi connectivity index (χ4v) is 2.73. The number of amides is 2. The van der Waals surface area contributed by atoms with Crippen LogP contribution in [0.1, 0.15) is 44.0 Å². The van der Waals surface area contributed by atoms with Gasteiger partial charge in [0, 0.05) is 42.5 Å². The van der Waals surface area contributed by atoms with Gasteiger partial charge in [0.15, 0.2) is 0 Å². The molecule has 0 aliphatic carbocycles. The Balaban J connectivity index is 2.01. The highest BCUT2D eigenvalue weighted by Gasteiger charge is 2.21. The minimum Gasteiger partial charge on any atom is -0.388 e. The van der Waals surface area contributed by atoms with Crippen molar-refractivity contribution >= 4 is 23.2 Å². The Labute approximate surface area is 150 Å². The van der Waals surface area contributed by atoms with Gasteiger partial charge in [-0.15, -0.1) is 0 Å². The maximum atomic E-state index is 12.5. The zero-order valence-electron chi connectivity index (χ0n) is 15.7. The summed E-state index contributed by atoms with van der Waals surface area (Å²) in [5.74, 6) is -0.205. The monoisotopic (exact) mass is 346 g/mol. The highest BCUT2D eigenvalue weighted by atomic mass is 16.2. The SMILES string of the molecule is CNc1cc(NC(=O)C(C)(C)C)cc(C(=O)NCCN2CCCC2)c1. The topological polar surface area (TPSA) is 73.5 Å². The van der Waals surface area contributed by atoms with Gasteiger partial charge in [-0.3, -0.25) is 9.59 Å². The summed E-state index contributed by atoms with van der Waals surface area (Å²) in [7, 11) is 1.79. The van der Waals surface area contributed by atoms with Crippen molar-refractivity contribution in [2.75, 3.05) is 43.9 Å². The van der Waals surface area contributed by atoms with E-state index in [-0.39, 0.29) is 11.8 Å². The van der Waals surface area contributed by atoms with Crippen molar-refractivity contribution in [1.29, 1.82) is 0 Å². The Bertz CT molecular complexity index is 616. The van der Waals surface area contributed by atoms with Crippen molar-refractivity contribution in [1.82, 2.24) is 10.2 Å². The Morgan fingerprint density at radius 1 is 1.08 bits per heavy atom. The molecule has 2 amide bonds. The van der Waals surface area contributed by atoms with Crippen LogP contribution in [0.15, 0.2) is 18.2 Å². The number of carbonyl (C=O) groups is 2. The van der Waals surface area contributed by atoms with Gasteiger partial charge in [0.05, 0.1) is 0 Å². The molecular formula is C19H30N4O2. The van der Waals surface area contributed by atoms with Crippen molar-refractivity contribution in [2.45, 2.75) is 33.6 Å². The molecule has 0 aromatic heterocycles. The summed E-state index contributed by atoms with van der Waals surface area (Å²) >= 11 is 0. The molecule has 1 aliphatic heterocycles. The van der Waals surface area contributed by atoms with Gasteiger partial charge in [0.1, 0.15) is 0 Å². The lowest BCUT2D eigenvalue weighted by Crippen LogP contribution is -2.33. The Kier molecular flexibility index (Phi) is 6.42. The maximum absolute atomic E-state index is 12.5. The van der Waals surface area contributed by atoms with Gasteiger partial charge in [0.25, 0.3) is 5.91 Å². The Morgan fingerprint density at radius 2 is 1.72 bits per heavy atom. The second-order valence-corrected chi connectivity index (χ2v) is 7.56. The molecule has 138 valence electrons. The molecule has 2 rings (SSSR count). The molecule has 0 spiro atoms. The molecule has 1 saturated heterocycles. The van der Waals surface area contributed by atoms with Gasteiger partial charge >= 0.3 is 0 Å². The molecule has 1 aromatic carbocycles. The largest absolute Gasteiger partial charge is 0.388 e. The average molecular weight is 346 g/mol. The van der Waals surface area contributed by atoms with Crippen molar-refractivity contribution in [3.05, 3.63) is 23.8 Å². The summed E-state index contributed by atoms with van der Waals surface area (Å²) in [5, 5.41) is 8.89. The van der Waals surface area contributed by atoms with Gasteiger partial charge in [-0.25, -0.2) is 0 Å². The third-order valence-corrected chi connectivity index (χ3v) is 4.34. The number of nitrogens with zero attached hydrogens (tertiary/aromatic N) is 1. The van der Waals surface area contributed by atoms with Crippen LogP contribution < -0.4 is 16.0 Å². The Hall–Kier alpha value is -2.08. The molecule has 0 unspecified atom stereocenters. The molecule has 25 heavy (non-hydrogen) atoms. The maximum Gasteiger partial charge on any atom is 0.251 e. The van der Waals surface area contributed by atoms with E-state index in [2.05, 4.69) is 20.9 Å². The van der Waals surface area contributed by atoms with Crippen LogP contribution in [0.4, 0.5) is 11.4 Å². The molecule has 6 nitrogen and oxygen atoms in total. The molecule has 0 saturated carbocycles.